The molecule has 0 amide bonds. The Hall–Kier alpha value is -2.75. The van der Waals surface area contributed by atoms with Crippen molar-refractivity contribution in [3.05, 3.63) is 65.7 Å². The quantitative estimate of drug-likeness (QED) is 0.374. The van der Waals surface area contributed by atoms with E-state index in [9.17, 15) is 14.4 Å². The molecule has 0 saturated carbocycles. The number of Topliss-reactive ketones (excluding diaryl/α,β-unsaturated/α-hetero) is 2. The Bertz CT molecular complexity index is 722. The first kappa shape index (κ1) is 16.6. The minimum Gasteiger partial charge on any atom is -0.426 e. The molecular weight excluding hydrogens is 292 g/mol. The molecule has 0 aromatic heterocycles. The number of hydrogen-bond acceptors (Lipinski definition) is 4. The second-order valence-corrected chi connectivity index (χ2v) is 6.19. The van der Waals surface area contributed by atoms with Crippen molar-refractivity contribution >= 4 is 17.5 Å². The molecule has 0 N–H and O–H groups in total. The van der Waals surface area contributed by atoms with Crippen molar-refractivity contribution in [1.82, 2.24) is 0 Å². The van der Waals surface area contributed by atoms with Gasteiger partial charge in [0.05, 0.1) is 5.41 Å². The Balaban J connectivity index is 2.12. The highest BCUT2D eigenvalue weighted by Gasteiger charge is 2.24. The molecule has 23 heavy (non-hydrogen) atoms. The van der Waals surface area contributed by atoms with Crippen molar-refractivity contribution in [2.45, 2.75) is 20.8 Å². The molecular formula is C19H18O4. The Morgan fingerprint density at radius 3 is 1.70 bits per heavy atom. The molecule has 0 aliphatic rings. The van der Waals surface area contributed by atoms with Gasteiger partial charge in [0.1, 0.15) is 5.75 Å². The lowest BCUT2D eigenvalue weighted by molar-refractivity contribution is -0.143. The van der Waals surface area contributed by atoms with Gasteiger partial charge in [-0.05, 0) is 45.0 Å². The molecule has 0 fully saturated rings. The largest absolute Gasteiger partial charge is 0.426 e. The Morgan fingerprint density at radius 1 is 0.739 bits per heavy atom. The summed E-state index contributed by atoms with van der Waals surface area (Å²) in [5.41, 5.74) is -0.00671. The van der Waals surface area contributed by atoms with Crippen LogP contribution in [0.1, 0.15) is 41.5 Å². The number of ether oxygens (including phenoxy) is 1. The number of benzene rings is 2. The average Bonchev–Trinajstić information content (AvgIpc) is 2.54. The Morgan fingerprint density at radius 2 is 1.22 bits per heavy atom. The highest BCUT2D eigenvalue weighted by molar-refractivity contribution is 6.49. The highest BCUT2D eigenvalue weighted by atomic mass is 16.5. The fourth-order valence-electron chi connectivity index (χ4n) is 1.79. The third-order valence-electron chi connectivity index (χ3n) is 3.18. The molecule has 0 atom stereocenters. The lowest BCUT2D eigenvalue weighted by Gasteiger charge is -2.16. The second-order valence-electron chi connectivity index (χ2n) is 6.19. The molecule has 2 rings (SSSR count). The highest BCUT2D eigenvalue weighted by Crippen LogP contribution is 2.20. The van der Waals surface area contributed by atoms with Gasteiger partial charge < -0.3 is 4.74 Å². The summed E-state index contributed by atoms with van der Waals surface area (Å²) in [6, 6.07) is 14.4. The van der Waals surface area contributed by atoms with Crippen LogP contribution >= 0.6 is 0 Å². The van der Waals surface area contributed by atoms with E-state index in [-0.39, 0.29) is 11.5 Å². The summed E-state index contributed by atoms with van der Waals surface area (Å²) in [5.74, 6) is -1.18. The van der Waals surface area contributed by atoms with Crippen LogP contribution < -0.4 is 4.74 Å². The zero-order valence-electron chi connectivity index (χ0n) is 13.3. The average molecular weight is 310 g/mol. The summed E-state index contributed by atoms with van der Waals surface area (Å²) >= 11 is 0. The van der Waals surface area contributed by atoms with Gasteiger partial charge in [-0.2, -0.15) is 0 Å². The van der Waals surface area contributed by atoms with Gasteiger partial charge in [0.15, 0.2) is 0 Å². The smallest absolute Gasteiger partial charge is 0.316 e. The van der Waals surface area contributed by atoms with Crippen LogP contribution in [0, 0.1) is 5.41 Å². The first-order valence-electron chi connectivity index (χ1n) is 7.25. The van der Waals surface area contributed by atoms with Gasteiger partial charge >= 0.3 is 5.97 Å². The summed E-state index contributed by atoms with van der Waals surface area (Å²) in [7, 11) is 0. The van der Waals surface area contributed by atoms with E-state index in [2.05, 4.69) is 0 Å². The number of carbonyl (C=O) groups excluding carboxylic acids is 3. The molecule has 4 heteroatoms. The maximum Gasteiger partial charge on any atom is 0.316 e. The molecule has 4 nitrogen and oxygen atoms in total. The van der Waals surface area contributed by atoms with Crippen LogP contribution in [-0.2, 0) is 4.79 Å². The van der Waals surface area contributed by atoms with E-state index in [1.165, 1.54) is 24.3 Å². The molecule has 0 aliphatic heterocycles. The van der Waals surface area contributed by atoms with Gasteiger partial charge in [0.2, 0.25) is 11.6 Å². The SMILES string of the molecule is CC(C)(C)C(=O)Oc1ccc(C(=O)C(=O)c2ccccc2)cc1. The predicted octanol–water partition coefficient (Wildman–Crippen LogP) is 3.70. The second kappa shape index (κ2) is 6.57. The van der Waals surface area contributed by atoms with E-state index >= 15 is 0 Å². The molecule has 0 radical (unpaired) electrons. The van der Waals surface area contributed by atoms with Crippen LogP contribution in [0.3, 0.4) is 0 Å². The van der Waals surface area contributed by atoms with E-state index in [0.717, 1.165) is 0 Å². The third kappa shape index (κ3) is 4.13. The number of ketones is 2. The predicted molar refractivity (Wildman–Crippen MR) is 86.6 cm³/mol. The minimum atomic E-state index is -0.613. The van der Waals surface area contributed by atoms with Crippen molar-refractivity contribution in [2.24, 2.45) is 5.41 Å². The van der Waals surface area contributed by atoms with Gasteiger partial charge in [0, 0.05) is 11.1 Å². The van der Waals surface area contributed by atoms with Crippen LogP contribution in [0.15, 0.2) is 54.6 Å². The minimum absolute atomic E-state index is 0.259. The van der Waals surface area contributed by atoms with Crippen LogP contribution in [0.2, 0.25) is 0 Å². The molecule has 2 aromatic rings. The Labute approximate surface area is 135 Å². The maximum atomic E-state index is 12.2. The van der Waals surface area contributed by atoms with Crippen LogP contribution in [0.4, 0.5) is 0 Å². The van der Waals surface area contributed by atoms with Gasteiger partial charge in [0.25, 0.3) is 0 Å². The van der Waals surface area contributed by atoms with E-state index in [4.69, 9.17) is 4.74 Å². The fourth-order valence-corrected chi connectivity index (χ4v) is 1.79. The Kier molecular flexibility index (Phi) is 4.74. The molecule has 118 valence electrons. The van der Waals surface area contributed by atoms with Crippen molar-refractivity contribution in [3.63, 3.8) is 0 Å². The summed E-state index contributed by atoms with van der Waals surface area (Å²) in [4.78, 5) is 36.1. The van der Waals surface area contributed by atoms with E-state index in [1.54, 1.807) is 51.1 Å². The number of esters is 1. The first-order chi connectivity index (χ1) is 10.8. The van der Waals surface area contributed by atoms with Gasteiger partial charge in [-0.15, -0.1) is 0 Å². The number of carbonyl (C=O) groups is 3. The van der Waals surface area contributed by atoms with E-state index < -0.39 is 17.0 Å². The third-order valence-corrected chi connectivity index (χ3v) is 3.18. The fraction of sp³-hybridized carbons (Fsp3) is 0.211. The molecule has 0 heterocycles. The molecule has 0 saturated heterocycles. The zero-order chi connectivity index (χ0) is 17.0. The molecule has 0 bridgehead atoms. The summed E-state index contributed by atoms with van der Waals surface area (Å²) in [6.45, 7) is 5.27. The zero-order valence-corrected chi connectivity index (χ0v) is 13.3. The molecule has 0 unspecified atom stereocenters. The van der Waals surface area contributed by atoms with E-state index in [1.807, 2.05) is 0 Å². The summed E-state index contributed by atoms with van der Waals surface area (Å²) < 4.78 is 5.22. The number of rotatable bonds is 4. The normalized spacial score (nSPS) is 10.9. The summed E-state index contributed by atoms with van der Waals surface area (Å²) in [6.07, 6.45) is 0. The lowest BCUT2D eigenvalue weighted by Crippen LogP contribution is -2.25. The topological polar surface area (TPSA) is 60.4 Å². The van der Waals surface area contributed by atoms with Crippen molar-refractivity contribution in [2.75, 3.05) is 0 Å². The van der Waals surface area contributed by atoms with Gasteiger partial charge in [-0.1, -0.05) is 30.3 Å². The lowest BCUT2D eigenvalue weighted by atomic mass is 9.97. The van der Waals surface area contributed by atoms with Crippen molar-refractivity contribution < 1.29 is 19.1 Å². The van der Waals surface area contributed by atoms with Gasteiger partial charge in [-0.25, -0.2) is 0 Å². The van der Waals surface area contributed by atoms with Crippen molar-refractivity contribution in [3.8, 4) is 5.75 Å². The van der Waals surface area contributed by atoms with Crippen LogP contribution in [0.25, 0.3) is 0 Å². The summed E-state index contributed by atoms with van der Waals surface area (Å²) in [5, 5.41) is 0. The first-order valence-corrected chi connectivity index (χ1v) is 7.25. The molecule has 2 aromatic carbocycles. The maximum absolute atomic E-state index is 12.2. The van der Waals surface area contributed by atoms with Crippen LogP contribution in [0.5, 0.6) is 5.75 Å². The number of hydrogen-bond donors (Lipinski definition) is 0. The van der Waals surface area contributed by atoms with Crippen LogP contribution in [-0.4, -0.2) is 17.5 Å². The van der Waals surface area contributed by atoms with E-state index in [0.29, 0.717) is 11.3 Å². The van der Waals surface area contributed by atoms with Crippen molar-refractivity contribution in [1.29, 1.82) is 0 Å². The van der Waals surface area contributed by atoms with Gasteiger partial charge in [-0.3, -0.25) is 14.4 Å². The monoisotopic (exact) mass is 310 g/mol. The molecule has 0 spiro atoms. The molecule has 0 aliphatic carbocycles. The standard InChI is InChI=1S/C19H18O4/c1-19(2,3)18(22)23-15-11-9-14(10-12-15)17(21)16(20)13-7-5-4-6-8-13/h4-12H,1-3H3.